The number of unbranched alkanes of at least 4 members (excludes halogenated alkanes) is 2. The van der Waals surface area contributed by atoms with Crippen LogP contribution in [0.1, 0.15) is 39.0 Å². The normalized spacial score (nSPS) is 14.8. The Balaban J connectivity index is 1.82. The standard InChI is InChI=1S/C21H23ClN4O3/c1-2-3-4-11-25-17(24-21(9-10-21)19(28)29)12-18(27)26-13-16(23-20(25)26)14-5-7-15(22)8-6-14/h5-8,12-13,24H,2-4,9-11H2,1H3,(H,28,29). The predicted molar refractivity (Wildman–Crippen MR) is 113 cm³/mol. The van der Waals surface area contributed by atoms with Crippen molar-refractivity contribution in [2.24, 2.45) is 0 Å². The topological polar surface area (TPSA) is 88.6 Å². The summed E-state index contributed by atoms with van der Waals surface area (Å²) in [5, 5.41) is 13.3. The van der Waals surface area contributed by atoms with Crippen molar-refractivity contribution in [1.82, 2.24) is 14.0 Å². The third-order valence-corrected chi connectivity index (χ3v) is 5.62. The summed E-state index contributed by atoms with van der Waals surface area (Å²) < 4.78 is 3.43. The summed E-state index contributed by atoms with van der Waals surface area (Å²) in [5.41, 5.74) is 0.294. The number of benzene rings is 1. The predicted octanol–water partition coefficient (Wildman–Crippen LogP) is 4.04. The van der Waals surface area contributed by atoms with Crippen LogP contribution in [0.25, 0.3) is 17.0 Å². The quantitative estimate of drug-likeness (QED) is 0.543. The van der Waals surface area contributed by atoms with Gasteiger partial charge in [-0.05, 0) is 31.4 Å². The first-order valence-electron chi connectivity index (χ1n) is 9.84. The minimum Gasteiger partial charge on any atom is -0.480 e. The minimum absolute atomic E-state index is 0.247. The van der Waals surface area contributed by atoms with E-state index in [1.807, 2.05) is 16.7 Å². The van der Waals surface area contributed by atoms with E-state index in [9.17, 15) is 14.7 Å². The van der Waals surface area contributed by atoms with E-state index < -0.39 is 11.5 Å². The summed E-state index contributed by atoms with van der Waals surface area (Å²) in [6.45, 7) is 2.77. The van der Waals surface area contributed by atoms with Gasteiger partial charge < -0.3 is 10.4 Å². The second-order valence-corrected chi connectivity index (χ2v) is 7.98. The molecule has 0 bridgehead atoms. The van der Waals surface area contributed by atoms with Crippen molar-refractivity contribution in [2.75, 3.05) is 5.32 Å². The van der Waals surface area contributed by atoms with E-state index in [2.05, 4.69) is 12.2 Å². The number of anilines is 1. The molecule has 1 aliphatic rings. The number of aromatic nitrogens is 3. The lowest BCUT2D eigenvalue weighted by Crippen LogP contribution is -2.34. The second kappa shape index (κ2) is 7.55. The molecule has 1 fully saturated rings. The fraction of sp³-hybridized carbons (Fsp3) is 0.381. The number of fused-ring (bicyclic) bond motifs is 1. The number of carboxylic acid groups (broad SMARTS) is 1. The summed E-state index contributed by atoms with van der Waals surface area (Å²) in [6.07, 6.45) is 5.80. The summed E-state index contributed by atoms with van der Waals surface area (Å²) in [5.74, 6) is 0.115. The minimum atomic E-state index is -0.983. The van der Waals surface area contributed by atoms with Gasteiger partial charge in [0, 0.05) is 29.4 Å². The molecule has 0 radical (unpaired) electrons. The van der Waals surface area contributed by atoms with Crippen molar-refractivity contribution in [3.05, 3.63) is 51.9 Å². The van der Waals surface area contributed by atoms with Crippen molar-refractivity contribution in [1.29, 1.82) is 0 Å². The molecule has 0 spiro atoms. The van der Waals surface area contributed by atoms with Crippen molar-refractivity contribution in [2.45, 2.75) is 51.1 Å². The number of hydrogen-bond acceptors (Lipinski definition) is 4. The molecule has 1 aliphatic carbocycles. The Morgan fingerprint density at radius 1 is 1.28 bits per heavy atom. The smallest absolute Gasteiger partial charge is 0.329 e. The maximum Gasteiger partial charge on any atom is 0.329 e. The fourth-order valence-electron chi connectivity index (χ4n) is 3.46. The zero-order valence-corrected chi connectivity index (χ0v) is 16.9. The number of imidazole rings is 1. The van der Waals surface area contributed by atoms with Gasteiger partial charge in [0.25, 0.3) is 5.56 Å². The molecule has 0 unspecified atom stereocenters. The van der Waals surface area contributed by atoms with Crippen LogP contribution in [0, 0.1) is 0 Å². The third-order valence-electron chi connectivity index (χ3n) is 5.37. The van der Waals surface area contributed by atoms with Crippen molar-refractivity contribution in [3.8, 4) is 11.3 Å². The first-order valence-corrected chi connectivity index (χ1v) is 10.2. The number of carbonyl (C=O) groups is 1. The monoisotopic (exact) mass is 414 g/mol. The molecule has 0 atom stereocenters. The molecule has 3 aromatic rings. The van der Waals surface area contributed by atoms with E-state index >= 15 is 0 Å². The van der Waals surface area contributed by atoms with Crippen LogP contribution >= 0.6 is 11.6 Å². The van der Waals surface area contributed by atoms with E-state index in [1.165, 1.54) is 10.5 Å². The molecule has 2 N–H and O–H groups in total. The molecule has 0 saturated heterocycles. The SMILES string of the molecule is CCCCCn1c(NC2(C(=O)O)CC2)cc(=O)n2cc(-c3ccc(Cl)cc3)nc12. The summed E-state index contributed by atoms with van der Waals surface area (Å²) in [4.78, 5) is 29.1. The number of nitrogens with zero attached hydrogens (tertiary/aromatic N) is 3. The Hall–Kier alpha value is -2.80. The van der Waals surface area contributed by atoms with E-state index in [1.54, 1.807) is 18.3 Å². The van der Waals surface area contributed by atoms with Crippen molar-refractivity contribution in [3.63, 3.8) is 0 Å². The zero-order valence-electron chi connectivity index (χ0n) is 16.2. The van der Waals surface area contributed by atoms with Gasteiger partial charge in [-0.2, -0.15) is 0 Å². The molecule has 8 heteroatoms. The molecule has 152 valence electrons. The van der Waals surface area contributed by atoms with Crippen LogP contribution in [0.4, 0.5) is 5.82 Å². The molecule has 1 saturated carbocycles. The van der Waals surface area contributed by atoms with Crippen LogP contribution in [0.3, 0.4) is 0 Å². The molecule has 0 amide bonds. The highest BCUT2D eigenvalue weighted by Crippen LogP contribution is 2.39. The molecule has 4 rings (SSSR count). The number of nitrogens with one attached hydrogen (secondary N) is 1. The summed E-state index contributed by atoms with van der Waals surface area (Å²) in [7, 11) is 0. The number of carboxylic acids is 1. The first-order chi connectivity index (χ1) is 13.9. The van der Waals surface area contributed by atoms with Crippen LogP contribution in [0.2, 0.25) is 5.02 Å². The van der Waals surface area contributed by atoms with E-state index in [0.717, 1.165) is 24.8 Å². The molecule has 7 nitrogen and oxygen atoms in total. The largest absolute Gasteiger partial charge is 0.480 e. The highest BCUT2D eigenvalue weighted by atomic mass is 35.5. The highest BCUT2D eigenvalue weighted by molar-refractivity contribution is 6.30. The molecular formula is C21H23ClN4O3. The zero-order chi connectivity index (χ0) is 20.6. The summed E-state index contributed by atoms with van der Waals surface area (Å²) in [6, 6.07) is 8.75. The van der Waals surface area contributed by atoms with Gasteiger partial charge in [0.1, 0.15) is 11.4 Å². The molecule has 1 aromatic carbocycles. The number of aliphatic carboxylic acids is 1. The number of rotatable bonds is 8. The van der Waals surface area contributed by atoms with E-state index in [4.69, 9.17) is 16.6 Å². The molecular weight excluding hydrogens is 392 g/mol. The number of hydrogen-bond donors (Lipinski definition) is 2. The van der Waals surface area contributed by atoms with Gasteiger partial charge in [0.2, 0.25) is 5.78 Å². The Labute approximate surface area is 173 Å². The highest BCUT2D eigenvalue weighted by Gasteiger charge is 2.51. The van der Waals surface area contributed by atoms with Gasteiger partial charge in [-0.25, -0.2) is 9.78 Å². The van der Waals surface area contributed by atoms with Gasteiger partial charge in [0.05, 0.1) is 5.69 Å². The molecule has 2 heterocycles. The van der Waals surface area contributed by atoms with E-state index in [0.29, 0.717) is 41.7 Å². The lowest BCUT2D eigenvalue weighted by atomic mass is 10.2. The lowest BCUT2D eigenvalue weighted by Gasteiger charge is -2.20. The second-order valence-electron chi connectivity index (χ2n) is 7.54. The van der Waals surface area contributed by atoms with Crippen LogP contribution in [-0.2, 0) is 11.3 Å². The van der Waals surface area contributed by atoms with Crippen LogP contribution in [0.15, 0.2) is 41.3 Å². The Bertz CT molecular complexity index is 1110. The fourth-order valence-corrected chi connectivity index (χ4v) is 3.59. The molecule has 2 aromatic heterocycles. The average Bonchev–Trinajstić information content (AvgIpc) is 3.34. The average molecular weight is 415 g/mol. The van der Waals surface area contributed by atoms with E-state index in [-0.39, 0.29) is 5.56 Å². The number of halogens is 1. The summed E-state index contributed by atoms with van der Waals surface area (Å²) >= 11 is 5.98. The van der Waals surface area contributed by atoms with Crippen LogP contribution in [-0.4, -0.2) is 30.6 Å². The Morgan fingerprint density at radius 3 is 2.62 bits per heavy atom. The van der Waals surface area contributed by atoms with Gasteiger partial charge in [-0.15, -0.1) is 0 Å². The van der Waals surface area contributed by atoms with Crippen LogP contribution < -0.4 is 10.9 Å². The maximum atomic E-state index is 12.8. The number of aryl methyl sites for hydroxylation is 1. The van der Waals surface area contributed by atoms with Crippen molar-refractivity contribution >= 4 is 29.2 Å². The van der Waals surface area contributed by atoms with Gasteiger partial charge in [-0.3, -0.25) is 13.8 Å². The Kier molecular flexibility index (Phi) is 5.08. The maximum absolute atomic E-state index is 12.8. The third kappa shape index (κ3) is 3.74. The van der Waals surface area contributed by atoms with Gasteiger partial charge in [0.15, 0.2) is 0 Å². The lowest BCUT2D eigenvalue weighted by molar-refractivity contribution is -0.138. The molecule has 0 aliphatic heterocycles. The van der Waals surface area contributed by atoms with Gasteiger partial charge >= 0.3 is 5.97 Å². The van der Waals surface area contributed by atoms with Gasteiger partial charge in [-0.1, -0.05) is 43.5 Å². The molecule has 29 heavy (non-hydrogen) atoms. The first kappa shape index (κ1) is 19.5. The van der Waals surface area contributed by atoms with Crippen LogP contribution in [0.5, 0.6) is 0 Å². The Morgan fingerprint density at radius 2 is 2.00 bits per heavy atom. The van der Waals surface area contributed by atoms with Crippen molar-refractivity contribution < 1.29 is 9.90 Å².